The standard InChI is InChI=1S/C24H22N4O3S2/c29-19(13-28-14-26-22-17(24(28)31)10-11-32-22)27-23-20(16-8-4-5-9-18(16)33-23)21(30)25-12-15-6-2-1-3-7-15/h1-3,6-7,10-11,14H,4-5,8-9,12-13H2,(H,25,30)(H,27,29). The number of hydrogen-bond acceptors (Lipinski definition) is 6. The first-order chi connectivity index (χ1) is 16.1. The van der Waals surface area contributed by atoms with Crippen LogP contribution in [0.1, 0.15) is 39.2 Å². The van der Waals surface area contributed by atoms with Crippen molar-refractivity contribution in [3.8, 4) is 0 Å². The fourth-order valence-electron chi connectivity index (χ4n) is 4.09. The molecule has 9 heteroatoms. The zero-order chi connectivity index (χ0) is 22.8. The minimum atomic E-state index is -0.357. The van der Waals surface area contributed by atoms with Gasteiger partial charge in [0, 0.05) is 11.4 Å². The van der Waals surface area contributed by atoms with Gasteiger partial charge in [0.25, 0.3) is 11.5 Å². The highest BCUT2D eigenvalue weighted by atomic mass is 32.1. The number of anilines is 1. The second-order valence-corrected chi connectivity index (χ2v) is 9.95. The average Bonchev–Trinajstić information content (AvgIpc) is 3.45. The van der Waals surface area contributed by atoms with E-state index in [1.165, 1.54) is 33.6 Å². The SMILES string of the molecule is O=C(Cn1cnc2sccc2c1=O)Nc1sc2c(c1C(=O)NCc1ccccc1)CCCC2. The largest absolute Gasteiger partial charge is 0.348 e. The third kappa shape index (κ3) is 4.46. The number of fused-ring (bicyclic) bond motifs is 2. The van der Waals surface area contributed by atoms with Gasteiger partial charge in [0.15, 0.2) is 0 Å². The Morgan fingerprint density at radius 3 is 2.76 bits per heavy atom. The molecular formula is C24H22N4O3S2. The topological polar surface area (TPSA) is 93.1 Å². The molecule has 0 saturated heterocycles. The summed E-state index contributed by atoms with van der Waals surface area (Å²) in [5, 5.41) is 8.75. The van der Waals surface area contributed by atoms with Crippen LogP contribution in [0.25, 0.3) is 10.2 Å². The van der Waals surface area contributed by atoms with Gasteiger partial charge in [-0.2, -0.15) is 0 Å². The summed E-state index contributed by atoms with van der Waals surface area (Å²) in [4.78, 5) is 44.7. The molecule has 7 nitrogen and oxygen atoms in total. The van der Waals surface area contributed by atoms with E-state index in [0.29, 0.717) is 27.3 Å². The highest BCUT2D eigenvalue weighted by Crippen LogP contribution is 2.38. The maximum Gasteiger partial charge on any atom is 0.262 e. The smallest absolute Gasteiger partial charge is 0.262 e. The van der Waals surface area contributed by atoms with Crippen LogP contribution >= 0.6 is 22.7 Å². The lowest BCUT2D eigenvalue weighted by Crippen LogP contribution is -2.29. The van der Waals surface area contributed by atoms with Crippen molar-refractivity contribution in [2.24, 2.45) is 0 Å². The Morgan fingerprint density at radius 1 is 1.09 bits per heavy atom. The van der Waals surface area contributed by atoms with Gasteiger partial charge in [-0.05, 0) is 48.3 Å². The molecular weight excluding hydrogens is 456 g/mol. The van der Waals surface area contributed by atoms with Crippen molar-refractivity contribution in [3.05, 3.63) is 80.0 Å². The predicted molar refractivity (Wildman–Crippen MR) is 131 cm³/mol. The lowest BCUT2D eigenvalue weighted by molar-refractivity contribution is -0.116. The highest BCUT2D eigenvalue weighted by Gasteiger charge is 2.26. The van der Waals surface area contributed by atoms with E-state index in [2.05, 4.69) is 15.6 Å². The van der Waals surface area contributed by atoms with Crippen LogP contribution in [0.4, 0.5) is 5.00 Å². The van der Waals surface area contributed by atoms with Crippen molar-refractivity contribution in [1.29, 1.82) is 0 Å². The van der Waals surface area contributed by atoms with Crippen molar-refractivity contribution in [3.63, 3.8) is 0 Å². The highest BCUT2D eigenvalue weighted by molar-refractivity contribution is 7.17. The second kappa shape index (κ2) is 9.29. The molecule has 3 aromatic heterocycles. The zero-order valence-electron chi connectivity index (χ0n) is 17.8. The van der Waals surface area contributed by atoms with E-state index < -0.39 is 0 Å². The molecule has 0 atom stereocenters. The number of aryl methyl sites for hydroxylation is 1. The van der Waals surface area contributed by atoms with E-state index in [-0.39, 0.29) is 23.9 Å². The fourth-order valence-corrected chi connectivity index (χ4v) is 6.11. The van der Waals surface area contributed by atoms with Gasteiger partial charge in [0.2, 0.25) is 5.91 Å². The molecule has 2 amide bonds. The van der Waals surface area contributed by atoms with Crippen LogP contribution in [0.2, 0.25) is 0 Å². The predicted octanol–water partition coefficient (Wildman–Crippen LogP) is 3.97. The van der Waals surface area contributed by atoms with Gasteiger partial charge >= 0.3 is 0 Å². The van der Waals surface area contributed by atoms with E-state index in [4.69, 9.17) is 0 Å². The van der Waals surface area contributed by atoms with Crippen molar-refractivity contribution >= 4 is 49.7 Å². The van der Waals surface area contributed by atoms with Gasteiger partial charge in [-0.25, -0.2) is 4.98 Å². The third-order valence-corrected chi connectivity index (χ3v) is 7.74. The summed E-state index contributed by atoms with van der Waals surface area (Å²) in [6, 6.07) is 11.4. The molecule has 0 aliphatic heterocycles. The number of hydrogen-bond donors (Lipinski definition) is 2. The Hall–Kier alpha value is -3.30. The molecule has 4 aromatic rings. The minimum absolute atomic E-state index is 0.161. The molecule has 0 unspecified atom stereocenters. The number of carbonyl (C=O) groups is 2. The van der Waals surface area contributed by atoms with Crippen LogP contribution in [-0.2, 0) is 30.7 Å². The van der Waals surface area contributed by atoms with Crippen LogP contribution in [0.5, 0.6) is 0 Å². The van der Waals surface area contributed by atoms with Gasteiger partial charge in [-0.15, -0.1) is 22.7 Å². The molecule has 33 heavy (non-hydrogen) atoms. The Labute approximate surface area is 198 Å². The van der Waals surface area contributed by atoms with Crippen molar-refractivity contribution < 1.29 is 9.59 Å². The number of carbonyl (C=O) groups excluding carboxylic acids is 2. The number of rotatable bonds is 6. The monoisotopic (exact) mass is 478 g/mol. The number of aromatic nitrogens is 2. The number of nitrogens with zero attached hydrogens (tertiary/aromatic N) is 2. The fraction of sp³-hybridized carbons (Fsp3) is 0.250. The van der Waals surface area contributed by atoms with Crippen molar-refractivity contribution in [2.75, 3.05) is 5.32 Å². The number of benzene rings is 1. The molecule has 2 N–H and O–H groups in total. The summed E-state index contributed by atoms with van der Waals surface area (Å²) < 4.78 is 1.30. The molecule has 0 saturated carbocycles. The Morgan fingerprint density at radius 2 is 1.91 bits per heavy atom. The van der Waals surface area contributed by atoms with E-state index in [9.17, 15) is 14.4 Å². The molecule has 168 valence electrons. The molecule has 0 radical (unpaired) electrons. The van der Waals surface area contributed by atoms with Crippen LogP contribution < -0.4 is 16.2 Å². The van der Waals surface area contributed by atoms with Crippen LogP contribution in [0.15, 0.2) is 52.9 Å². The number of nitrogens with one attached hydrogen (secondary N) is 2. The second-order valence-electron chi connectivity index (χ2n) is 7.95. The van der Waals surface area contributed by atoms with E-state index in [0.717, 1.165) is 41.7 Å². The molecule has 3 heterocycles. The van der Waals surface area contributed by atoms with E-state index in [1.54, 1.807) is 11.4 Å². The van der Waals surface area contributed by atoms with Gasteiger partial charge in [0.1, 0.15) is 16.4 Å². The first kappa shape index (κ1) is 21.5. The molecule has 0 spiro atoms. The van der Waals surface area contributed by atoms with Gasteiger partial charge in [-0.1, -0.05) is 30.3 Å². The molecule has 1 aliphatic carbocycles. The summed E-state index contributed by atoms with van der Waals surface area (Å²) in [5.74, 6) is -0.545. The lowest BCUT2D eigenvalue weighted by Gasteiger charge is -2.13. The maximum absolute atomic E-state index is 13.2. The molecule has 1 aromatic carbocycles. The number of amides is 2. The van der Waals surface area contributed by atoms with Crippen LogP contribution in [-0.4, -0.2) is 21.4 Å². The molecule has 5 rings (SSSR count). The van der Waals surface area contributed by atoms with Gasteiger partial charge in [-0.3, -0.25) is 19.0 Å². The number of thiophene rings is 2. The molecule has 1 aliphatic rings. The Balaban J connectivity index is 1.37. The molecule has 0 fully saturated rings. The first-order valence-corrected chi connectivity index (χ1v) is 12.5. The zero-order valence-corrected chi connectivity index (χ0v) is 19.4. The average molecular weight is 479 g/mol. The summed E-state index contributed by atoms with van der Waals surface area (Å²) in [6.45, 7) is 0.255. The quantitative estimate of drug-likeness (QED) is 0.439. The van der Waals surface area contributed by atoms with E-state index >= 15 is 0 Å². The van der Waals surface area contributed by atoms with Gasteiger partial charge in [0.05, 0.1) is 17.3 Å². The molecule has 0 bridgehead atoms. The maximum atomic E-state index is 13.2. The van der Waals surface area contributed by atoms with Crippen LogP contribution in [0, 0.1) is 0 Å². The first-order valence-electron chi connectivity index (χ1n) is 10.8. The summed E-state index contributed by atoms with van der Waals surface area (Å²) in [5.41, 5.74) is 2.35. The summed E-state index contributed by atoms with van der Waals surface area (Å²) >= 11 is 2.85. The summed E-state index contributed by atoms with van der Waals surface area (Å²) in [7, 11) is 0. The lowest BCUT2D eigenvalue weighted by atomic mass is 9.95. The van der Waals surface area contributed by atoms with Crippen molar-refractivity contribution in [2.45, 2.75) is 38.8 Å². The third-order valence-electron chi connectivity index (χ3n) is 5.71. The normalized spacial score (nSPS) is 13.0. The minimum Gasteiger partial charge on any atom is -0.348 e. The van der Waals surface area contributed by atoms with Crippen LogP contribution in [0.3, 0.4) is 0 Å². The Bertz CT molecular complexity index is 1390. The summed E-state index contributed by atoms with van der Waals surface area (Å²) in [6.07, 6.45) is 5.24. The van der Waals surface area contributed by atoms with Crippen molar-refractivity contribution in [1.82, 2.24) is 14.9 Å². The Kier molecular flexibility index (Phi) is 6.06. The van der Waals surface area contributed by atoms with E-state index in [1.807, 2.05) is 30.3 Å². The van der Waals surface area contributed by atoms with Gasteiger partial charge < -0.3 is 10.6 Å².